The summed E-state index contributed by atoms with van der Waals surface area (Å²) in [5, 5.41) is 17.2. The number of aryl methyl sites for hydroxylation is 1. The number of carbonyl (C=O) groups excluding carboxylic acids is 1. The van der Waals surface area contributed by atoms with E-state index in [4.69, 9.17) is 14.3 Å². The molecule has 2 heterocycles. The van der Waals surface area contributed by atoms with E-state index in [0.29, 0.717) is 23.6 Å². The van der Waals surface area contributed by atoms with E-state index in [9.17, 15) is 10.1 Å². The highest BCUT2D eigenvalue weighted by molar-refractivity contribution is 6.02. The van der Waals surface area contributed by atoms with Crippen molar-refractivity contribution in [3.8, 4) is 28.8 Å². The van der Waals surface area contributed by atoms with Gasteiger partial charge in [-0.1, -0.05) is 18.2 Å². The summed E-state index contributed by atoms with van der Waals surface area (Å²) in [4.78, 5) is 12.7. The van der Waals surface area contributed by atoms with Crippen LogP contribution in [0.25, 0.3) is 23.0 Å². The number of nitrogens with zero attached hydrogens (tertiary/aromatic N) is 3. The highest BCUT2D eigenvalue weighted by atomic mass is 16.5. The Hall–Kier alpha value is -4.57. The Balaban J connectivity index is 1.72. The van der Waals surface area contributed by atoms with Gasteiger partial charge in [-0.05, 0) is 68.0 Å². The highest BCUT2D eigenvalue weighted by Gasteiger charge is 2.16. The molecular weight excluding hydrogens is 428 g/mol. The zero-order valence-corrected chi connectivity index (χ0v) is 19.0. The van der Waals surface area contributed by atoms with Crippen molar-refractivity contribution in [1.82, 2.24) is 15.1 Å². The van der Waals surface area contributed by atoms with E-state index in [2.05, 4.69) is 5.32 Å². The number of hydrogen-bond donors (Lipinski definition) is 1. The van der Waals surface area contributed by atoms with E-state index in [1.165, 1.54) is 6.26 Å². The smallest absolute Gasteiger partial charge is 0.262 e. The molecule has 0 aliphatic heterocycles. The third kappa shape index (κ3) is 5.08. The topological polar surface area (TPSA) is 93.1 Å². The van der Waals surface area contributed by atoms with Gasteiger partial charge in [0.2, 0.25) is 0 Å². The van der Waals surface area contributed by atoms with E-state index < -0.39 is 5.91 Å². The minimum atomic E-state index is -0.486. The van der Waals surface area contributed by atoms with Gasteiger partial charge in [0.15, 0.2) is 0 Å². The van der Waals surface area contributed by atoms with Crippen molar-refractivity contribution in [2.75, 3.05) is 6.61 Å². The molecule has 0 aliphatic carbocycles. The second-order valence-corrected chi connectivity index (χ2v) is 7.56. The van der Waals surface area contributed by atoms with E-state index >= 15 is 0 Å². The normalized spacial score (nSPS) is 11.1. The van der Waals surface area contributed by atoms with Gasteiger partial charge in [-0.3, -0.25) is 4.79 Å². The lowest BCUT2D eigenvalue weighted by atomic mass is 10.0. The summed E-state index contributed by atoms with van der Waals surface area (Å²) >= 11 is 0. The van der Waals surface area contributed by atoms with Crippen molar-refractivity contribution >= 4 is 12.0 Å². The van der Waals surface area contributed by atoms with Crippen LogP contribution in [0.2, 0.25) is 0 Å². The molecule has 7 heteroatoms. The summed E-state index contributed by atoms with van der Waals surface area (Å²) in [5.41, 5.74) is 3.98. The van der Waals surface area contributed by atoms with Crippen LogP contribution >= 0.6 is 0 Å². The third-order valence-corrected chi connectivity index (χ3v) is 5.18. The van der Waals surface area contributed by atoms with Gasteiger partial charge in [0, 0.05) is 17.3 Å². The molecule has 0 saturated carbocycles. The van der Waals surface area contributed by atoms with Crippen molar-refractivity contribution < 1.29 is 13.9 Å². The number of nitrogens with one attached hydrogen (secondary N) is 1. The maximum absolute atomic E-state index is 12.7. The van der Waals surface area contributed by atoms with Crippen LogP contribution in [0.15, 0.2) is 83.1 Å². The first-order valence-corrected chi connectivity index (χ1v) is 10.9. The number of amides is 1. The van der Waals surface area contributed by atoms with Crippen molar-refractivity contribution in [3.05, 3.63) is 95.6 Å². The number of carbonyl (C=O) groups is 1. The van der Waals surface area contributed by atoms with Crippen LogP contribution in [0.3, 0.4) is 0 Å². The maximum Gasteiger partial charge on any atom is 0.262 e. The number of hydrogen-bond acceptors (Lipinski definition) is 5. The average Bonchev–Trinajstić information content (AvgIpc) is 3.53. The largest absolute Gasteiger partial charge is 0.494 e. The van der Waals surface area contributed by atoms with Gasteiger partial charge in [-0.25, -0.2) is 4.68 Å². The quantitative estimate of drug-likeness (QED) is 0.298. The van der Waals surface area contributed by atoms with E-state index in [-0.39, 0.29) is 12.1 Å². The molecule has 34 heavy (non-hydrogen) atoms. The fourth-order valence-electron chi connectivity index (χ4n) is 3.52. The first kappa shape index (κ1) is 22.6. The Morgan fingerprint density at radius 3 is 2.71 bits per heavy atom. The summed E-state index contributed by atoms with van der Waals surface area (Å²) in [6, 6.07) is 21.0. The first-order chi connectivity index (χ1) is 16.6. The molecule has 0 radical (unpaired) electrons. The SMILES string of the molecule is CCOc1ccc(-c2nn(-c3ccccc3)cc2/C=C(\C#N)C(=O)NCc2ccco2)cc1C. The molecule has 7 nitrogen and oxygen atoms in total. The lowest BCUT2D eigenvalue weighted by Gasteiger charge is -2.08. The predicted molar refractivity (Wildman–Crippen MR) is 129 cm³/mol. The van der Waals surface area contributed by atoms with E-state index in [1.54, 1.807) is 22.9 Å². The Bertz CT molecular complexity index is 1350. The monoisotopic (exact) mass is 452 g/mol. The van der Waals surface area contributed by atoms with Gasteiger partial charge in [-0.2, -0.15) is 10.4 Å². The van der Waals surface area contributed by atoms with Gasteiger partial charge < -0.3 is 14.5 Å². The van der Waals surface area contributed by atoms with Gasteiger partial charge in [0.05, 0.1) is 25.1 Å². The molecule has 0 unspecified atom stereocenters. The average molecular weight is 453 g/mol. The molecule has 0 bridgehead atoms. The molecule has 0 fully saturated rings. The lowest BCUT2D eigenvalue weighted by molar-refractivity contribution is -0.117. The van der Waals surface area contributed by atoms with Crippen LogP contribution < -0.4 is 10.1 Å². The number of aromatic nitrogens is 2. The fourth-order valence-corrected chi connectivity index (χ4v) is 3.52. The molecule has 1 amide bonds. The number of benzene rings is 2. The van der Waals surface area contributed by atoms with Crippen molar-refractivity contribution in [2.45, 2.75) is 20.4 Å². The molecule has 0 saturated heterocycles. The minimum Gasteiger partial charge on any atom is -0.494 e. The van der Waals surface area contributed by atoms with Crippen LogP contribution in [-0.2, 0) is 11.3 Å². The maximum atomic E-state index is 12.7. The van der Waals surface area contributed by atoms with Crippen LogP contribution in [0, 0.1) is 18.3 Å². The predicted octanol–water partition coefficient (Wildman–Crippen LogP) is 5.06. The zero-order valence-electron chi connectivity index (χ0n) is 19.0. The van der Waals surface area contributed by atoms with Gasteiger partial charge in [0.25, 0.3) is 5.91 Å². The Labute approximate surface area is 197 Å². The Morgan fingerprint density at radius 2 is 2.03 bits per heavy atom. The standard InChI is InChI=1S/C27H24N4O3/c1-3-33-25-12-11-20(14-19(25)2)26-22(18-31(30-26)23-8-5-4-6-9-23)15-21(16-28)27(32)29-17-24-10-7-13-34-24/h4-15,18H,3,17H2,1-2H3,(H,29,32)/b21-15+. The molecule has 4 rings (SSSR count). The second-order valence-electron chi connectivity index (χ2n) is 7.56. The number of furan rings is 1. The van der Waals surface area contributed by atoms with Crippen molar-refractivity contribution in [2.24, 2.45) is 0 Å². The van der Waals surface area contributed by atoms with Gasteiger partial charge in [-0.15, -0.1) is 0 Å². The third-order valence-electron chi connectivity index (χ3n) is 5.18. The molecule has 0 aliphatic rings. The zero-order chi connectivity index (χ0) is 23.9. The summed E-state index contributed by atoms with van der Waals surface area (Å²) < 4.78 is 12.6. The van der Waals surface area contributed by atoms with Gasteiger partial charge >= 0.3 is 0 Å². The number of ether oxygens (including phenoxy) is 1. The van der Waals surface area contributed by atoms with Crippen molar-refractivity contribution in [3.63, 3.8) is 0 Å². The molecule has 4 aromatic rings. The number of para-hydroxylation sites is 1. The van der Waals surface area contributed by atoms with Crippen LogP contribution in [0.1, 0.15) is 23.8 Å². The number of nitriles is 1. The molecule has 0 spiro atoms. The van der Waals surface area contributed by atoms with Crippen molar-refractivity contribution in [1.29, 1.82) is 5.26 Å². The van der Waals surface area contributed by atoms with Crippen LogP contribution in [0.5, 0.6) is 5.75 Å². The van der Waals surface area contributed by atoms with Crippen LogP contribution in [0.4, 0.5) is 0 Å². The molecule has 170 valence electrons. The molecule has 1 N–H and O–H groups in total. The lowest BCUT2D eigenvalue weighted by Crippen LogP contribution is -2.23. The highest BCUT2D eigenvalue weighted by Crippen LogP contribution is 2.30. The molecule has 0 atom stereocenters. The summed E-state index contributed by atoms with van der Waals surface area (Å²) in [6.07, 6.45) is 4.91. The molecular formula is C27H24N4O3. The molecule has 2 aromatic heterocycles. The first-order valence-electron chi connectivity index (χ1n) is 10.9. The minimum absolute atomic E-state index is 0.0249. The van der Waals surface area contributed by atoms with E-state index in [0.717, 1.165) is 22.6 Å². The molecule has 2 aromatic carbocycles. The Kier molecular flexibility index (Phi) is 6.89. The summed E-state index contributed by atoms with van der Waals surface area (Å²) in [5.74, 6) is 0.925. The number of rotatable bonds is 8. The van der Waals surface area contributed by atoms with Crippen LogP contribution in [-0.4, -0.2) is 22.3 Å². The van der Waals surface area contributed by atoms with Gasteiger partial charge in [0.1, 0.15) is 28.8 Å². The summed E-state index contributed by atoms with van der Waals surface area (Å²) in [6.45, 7) is 4.69. The van der Waals surface area contributed by atoms with E-state index in [1.807, 2.05) is 74.6 Å². The fraction of sp³-hybridized carbons (Fsp3) is 0.148. The second kappa shape index (κ2) is 10.4. The summed E-state index contributed by atoms with van der Waals surface area (Å²) in [7, 11) is 0. The Morgan fingerprint density at radius 1 is 1.21 bits per heavy atom.